The van der Waals surface area contributed by atoms with Gasteiger partial charge in [0.1, 0.15) is 0 Å². The van der Waals surface area contributed by atoms with E-state index in [9.17, 15) is 0 Å². The maximum absolute atomic E-state index is 8.77. The van der Waals surface area contributed by atoms with Gasteiger partial charge in [0, 0.05) is 0 Å². The summed E-state index contributed by atoms with van der Waals surface area (Å²) in [6, 6.07) is 0. The summed E-state index contributed by atoms with van der Waals surface area (Å²) < 4.78 is 8.77. The summed E-state index contributed by atoms with van der Waals surface area (Å²) in [6.45, 7) is 0. The van der Waals surface area contributed by atoms with E-state index >= 15 is 0 Å². The molecule has 5 heavy (non-hydrogen) atoms. The van der Waals surface area contributed by atoms with Crippen molar-refractivity contribution in [2.75, 3.05) is 0 Å². The van der Waals surface area contributed by atoms with Crippen LogP contribution in [0.3, 0.4) is 0 Å². The molecule has 0 saturated carbocycles. The molecule has 2 radical (unpaired) electrons. The summed E-state index contributed by atoms with van der Waals surface area (Å²) in [4.78, 5) is 0. The van der Waals surface area contributed by atoms with E-state index in [1.54, 1.807) is 0 Å². The summed E-state index contributed by atoms with van der Waals surface area (Å²) in [5.74, 6) is 0. The van der Waals surface area contributed by atoms with Gasteiger partial charge in [0.2, 0.25) is 0 Å². The summed E-state index contributed by atoms with van der Waals surface area (Å²) >= 11 is 3.87. The van der Waals surface area contributed by atoms with Crippen LogP contribution in [0.15, 0.2) is 0 Å². The minimum atomic E-state index is -0.583. The van der Waals surface area contributed by atoms with Crippen molar-refractivity contribution in [3.8, 4) is 0 Å². The molecule has 0 saturated heterocycles. The molecule has 0 rings (SSSR count). The van der Waals surface area contributed by atoms with Gasteiger partial charge in [-0.1, -0.05) is 0 Å². The molecular weight excluding hydrogens is 205 g/mol. The predicted octanol–water partition coefficient (Wildman–Crippen LogP) is -1.09. The monoisotopic (exact) mass is 210 g/mol. The van der Waals surface area contributed by atoms with Crippen molar-refractivity contribution in [2.24, 2.45) is 0 Å². The second kappa shape index (κ2) is 17.2. The SMILES string of the molecule is O=[PH]=S.[LiH].[SnH2]. The van der Waals surface area contributed by atoms with E-state index in [4.69, 9.17) is 4.57 Å². The van der Waals surface area contributed by atoms with Crippen molar-refractivity contribution in [2.45, 2.75) is 0 Å². The van der Waals surface area contributed by atoms with Gasteiger partial charge in [-0.2, -0.15) is 0 Å². The fraction of sp³-hybridized carbons (Fsp3) is 0. The molecule has 0 spiro atoms. The van der Waals surface area contributed by atoms with E-state index in [1.807, 2.05) is 0 Å². The Balaban J connectivity index is -0.0000000200. The zero-order chi connectivity index (χ0) is 2.71. The Bertz CT molecular complexity index is 32.6. The average molecular weight is 209 g/mol. The Morgan fingerprint density at radius 2 is 1.60 bits per heavy atom. The van der Waals surface area contributed by atoms with Gasteiger partial charge >= 0.3 is 42.8 Å². The standard InChI is InChI=1S/Li.HOPS.Sn.3H/c;1-2-3;;;;/h;2H;;;;. The Labute approximate surface area is 65.9 Å². The second-order valence-electron chi connectivity index (χ2n) is 0.0833. The molecule has 26 valence electrons. The first-order valence-electron chi connectivity index (χ1n) is 0.408. The number of hydrogen-bond donors (Lipinski definition) is 0. The van der Waals surface area contributed by atoms with Crippen LogP contribution >= 0.6 is 7.24 Å². The van der Waals surface area contributed by atoms with Crippen LogP contribution < -0.4 is 0 Å². The first-order valence-corrected chi connectivity index (χ1v) is 2.45. The topological polar surface area (TPSA) is 17.1 Å². The molecule has 0 aliphatic heterocycles. The number of rotatable bonds is 0. The maximum atomic E-state index is 8.77. The Kier molecular flexibility index (Phi) is 54.8. The molecule has 1 atom stereocenters. The third kappa shape index (κ3) is 26.8. The van der Waals surface area contributed by atoms with Crippen LogP contribution in [0, 0.1) is 0 Å². The van der Waals surface area contributed by atoms with E-state index < -0.39 is 7.24 Å². The molecule has 0 aliphatic rings. The van der Waals surface area contributed by atoms with Crippen molar-refractivity contribution in [3.63, 3.8) is 0 Å². The van der Waals surface area contributed by atoms with E-state index in [-0.39, 0.29) is 42.8 Å². The summed E-state index contributed by atoms with van der Waals surface area (Å²) in [7, 11) is -0.583. The van der Waals surface area contributed by atoms with Crippen LogP contribution in [0.1, 0.15) is 0 Å². The van der Waals surface area contributed by atoms with Gasteiger partial charge in [0.25, 0.3) is 0 Å². The molecule has 0 amide bonds. The van der Waals surface area contributed by atoms with E-state index in [1.165, 1.54) is 0 Å². The third-order valence-electron chi connectivity index (χ3n) is 0. The zero-order valence-electron chi connectivity index (χ0n) is 2.02. The van der Waals surface area contributed by atoms with Gasteiger partial charge < -0.3 is 0 Å². The summed E-state index contributed by atoms with van der Waals surface area (Å²) in [5, 5.41) is 0. The van der Waals surface area contributed by atoms with Gasteiger partial charge in [0.15, 0.2) is 7.24 Å². The fourth-order valence-corrected chi connectivity index (χ4v) is 0. The van der Waals surface area contributed by atoms with Crippen LogP contribution in [-0.4, -0.2) is 42.8 Å². The molecule has 0 aromatic carbocycles. The molecule has 0 aromatic rings. The molecule has 0 bridgehead atoms. The van der Waals surface area contributed by atoms with Crippen molar-refractivity contribution >= 4 is 61.8 Å². The van der Waals surface area contributed by atoms with Crippen LogP contribution in [0.25, 0.3) is 0 Å². The van der Waals surface area contributed by atoms with E-state index in [0.717, 1.165) is 0 Å². The zero-order valence-corrected chi connectivity index (χ0v) is 7.88. The first-order chi connectivity index (χ1) is 1.41. The Hall–Kier alpha value is 1.72. The van der Waals surface area contributed by atoms with Gasteiger partial charge in [-0.3, -0.25) is 4.57 Å². The molecule has 1 nitrogen and oxygen atoms in total. The normalized spacial score (nSPS) is 4.00. The average Bonchev–Trinajstić information content (AvgIpc) is 0.918. The van der Waals surface area contributed by atoms with E-state index in [2.05, 4.69) is 11.8 Å². The molecule has 0 aromatic heterocycles. The van der Waals surface area contributed by atoms with Gasteiger partial charge in [-0.25, -0.2) is 0 Å². The van der Waals surface area contributed by atoms with Gasteiger partial charge in [-0.05, 0) is 11.8 Å². The fourth-order valence-electron chi connectivity index (χ4n) is 0. The van der Waals surface area contributed by atoms with Crippen molar-refractivity contribution in [1.82, 2.24) is 0 Å². The van der Waals surface area contributed by atoms with Crippen molar-refractivity contribution < 1.29 is 4.57 Å². The van der Waals surface area contributed by atoms with Crippen molar-refractivity contribution in [3.05, 3.63) is 0 Å². The Morgan fingerprint density at radius 3 is 1.60 bits per heavy atom. The molecule has 0 heterocycles. The van der Waals surface area contributed by atoms with E-state index in [0.29, 0.717) is 0 Å². The van der Waals surface area contributed by atoms with Crippen LogP contribution in [0.2, 0.25) is 0 Å². The molecule has 1 unspecified atom stereocenters. The quantitative estimate of drug-likeness (QED) is 0.372. The Morgan fingerprint density at radius 1 is 1.60 bits per heavy atom. The van der Waals surface area contributed by atoms with Crippen LogP contribution in [-0.2, 0) is 16.4 Å². The number of hydrogen-bond acceptors (Lipinski definition) is 2. The van der Waals surface area contributed by atoms with Gasteiger partial charge in [0.05, 0.1) is 0 Å². The summed E-state index contributed by atoms with van der Waals surface area (Å²) in [6.07, 6.45) is 0. The molecule has 0 fully saturated rings. The predicted molar refractivity (Wildman–Crippen MR) is 32.1 cm³/mol. The second-order valence-corrected chi connectivity index (χ2v) is 0.750. The van der Waals surface area contributed by atoms with Crippen LogP contribution in [0.4, 0.5) is 0 Å². The molecular formula is H4LiOPSSn. The first kappa shape index (κ1) is 15.9. The molecule has 5 heteroatoms. The molecule has 0 N–H and O–H groups in total. The third-order valence-corrected chi connectivity index (χ3v) is 0. The summed E-state index contributed by atoms with van der Waals surface area (Å²) in [5.41, 5.74) is 0. The van der Waals surface area contributed by atoms with Crippen molar-refractivity contribution in [1.29, 1.82) is 0 Å². The van der Waals surface area contributed by atoms with Crippen LogP contribution in [0.5, 0.6) is 0 Å². The van der Waals surface area contributed by atoms with Gasteiger partial charge in [-0.15, -0.1) is 0 Å². The molecule has 0 aliphatic carbocycles. The minimum absolute atomic E-state index is 0.